The summed E-state index contributed by atoms with van der Waals surface area (Å²) in [6, 6.07) is 5.65. The van der Waals surface area contributed by atoms with Crippen LogP contribution >= 0.6 is 0 Å². The predicted molar refractivity (Wildman–Crippen MR) is 76.7 cm³/mol. The molecule has 0 radical (unpaired) electrons. The maximum absolute atomic E-state index is 11.5. The number of hydrogen-bond donors (Lipinski definition) is 2. The van der Waals surface area contributed by atoms with Crippen LogP contribution in [0.15, 0.2) is 29.4 Å². The van der Waals surface area contributed by atoms with Crippen molar-refractivity contribution in [1.29, 1.82) is 0 Å². The molecule has 2 N–H and O–H groups in total. The first kappa shape index (κ1) is 16.3. The van der Waals surface area contributed by atoms with Crippen molar-refractivity contribution in [3.05, 3.63) is 39.9 Å². The highest BCUT2D eigenvalue weighted by molar-refractivity contribution is 6.35. The normalized spacial score (nSPS) is 11.1. The van der Waals surface area contributed by atoms with E-state index in [9.17, 15) is 19.7 Å². The van der Waals surface area contributed by atoms with Gasteiger partial charge >= 0.3 is 11.8 Å². The summed E-state index contributed by atoms with van der Waals surface area (Å²) in [7, 11) is 0. The highest BCUT2D eigenvalue weighted by Gasteiger charge is 2.14. The van der Waals surface area contributed by atoms with Crippen LogP contribution in [0, 0.1) is 10.1 Å². The maximum Gasteiger partial charge on any atom is 0.329 e. The van der Waals surface area contributed by atoms with Gasteiger partial charge in [-0.25, -0.2) is 5.43 Å². The molecular formula is C13H16N4O4. The van der Waals surface area contributed by atoms with Crippen LogP contribution in [0.25, 0.3) is 0 Å². The number of rotatable bonds is 4. The summed E-state index contributed by atoms with van der Waals surface area (Å²) < 4.78 is 0. The van der Waals surface area contributed by atoms with Gasteiger partial charge in [-0.15, -0.1) is 0 Å². The summed E-state index contributed by atoms with van der Waals surface area (Å²) in [5, 5.41) is 16.9. The Hall–Kier alpha value is -2.77. The summed E-state index contributed by atoms with van der Waals surface area (Å²) in [4.78, 5) is 33.0. The van der Waals surface area contributed by atoms with Crippen molar-refractivity contribution in [3.63, 3.8) is 0 Å². The number of carbonyl (C=O) groups excluding carboxylic acids is 2. The molecule has 0 saturated heterocycles. The fraction of sp³-hybridized carbons (Fsp3) is 0.308. The highest BCUT2D eigenvalue weighted by atomic mass is 16.6. The number of nitro benzene ring substituents is 1. The molecule has 0 aliphatic carbocycles. The summed E-state index contributed by atoms with van der Waals surface area (Å²) in [5.74, 6) is -1.69. The number of nitrogens with zero attached hydrogens (tertiary/aromatic N) is 2. The van der Waals surface area contributed by atoms with Crippen molar-refractivity contribution < 1.29 is 14.5 Å². The van der Waals surface area contributed by atoms with Gasteiger partial charge in [-0.05, 0) is 20.8 Å². The first-order valence-electron chi connectivity index (χ1n) is 6.21. The Balaban J connectivity index is 2.77. The molecule has 21 heavy (non-hydrogen) atoms. The molecule has 1 rings (SSSR count). The lowest BCUT2D eigenvalue weighted by molar-refractivity contribution is -0.384. The third-order valence-corrected chi connectivity index (χ3v) is 2.43. The molecule has 0 heterocycles. The van der Waals surface area contributed by atoms with E-state index in [0.717, 1.165) is 0 Å². The number of hydrazone groups is 1. The van der Waals surface area contributed by atoms with Crippen LogP contribution in [0.2, 0.25) is 0 Å². The van der Waals surface area contributed by atoms with E-state index >= 15 is 0 Å². The lowest BCUT2D eigenvalue weighted by Gasteiger charge is -2.07. The molecule has 0 atom stereocenters. The first-order valence-corrected chi connectivity index (χ1v) is 6.21. The summed E-state index contributed by atoms with van der Waals surface area (Å²) in [6.45, 7) is 5.02. The fourth-order valence-corrected chi connectivity index (χ4v) is 1.42. The van der Waals surface area contributed by atoms with Gasteiger partial charge in [0.2, 0.25) is 0 Å². The fourth-order valence-electron chi connectivity index (χ4n) is 1.42. The van der Waals surface area contributed by atoms with Gasteiger partial charge in [0.25, 0.3) is 5.69 Å². The van der Waals surface area contributed by atoms with Crippen molar-refractivity contribution in [2.45, 2.75) is 26.8 Å². The molecule has 0 aliphatic rings. The van der Waals surface area contributed by atoms with Crippen LogP contribution < -0.4 is 10.7 Å². The Labute approximate surface area is 121 Å². The zero-order valence-electron chi connectivity index (χ0n) is 11.9. The monoisotopic (exact) mass is 292 g/mol. The number of benzene rings is 1. The van der Waals surface area contributed by atoms with Gasteiger partial charge in [-0.1, -0.05) is 12.1 Å². The van der Waals surface area contributed by atoms with Gasteiger partial charge in [0.05, 0.1) is 10.6 Å². The average molecular weight is 292 g/mol. The van der Waals surface area contributed by atoms with Crippen LogP contribution in [-0.4, -0.2) is 28.5 Å². The first-order chi connectivity index (χ1) is 9.81. The second-order valence-corrected chi connectivity index (χ2v) is 4.57. The zero-order valence-corrected chi connectivity index (χ0v) is 11.9. The third kappa shape index (κ3) is 5.01. The Kier molecular flexibility index (Phi) is 5.53. The molecule has 8 nitrogen and oxygen atoms in total. The molecule has 0 spiro atoms. The largest absolute Gasteiger partial charge is 0.346 e. The standard InChI is InChI=1S/C13H16N4O4/c1-8(2)14-12(18)13(19)16-15-9(3)10-5-4-6-11(7-10)17(20)21/h4-8H,1-3H3,(H,14,18)(H,16,19)/b15-9-. The number of non-ortho nitro benzene ring substituents is 1. The van der Waals surface area contributed by atoms with E-state index in [1.807, 2.05) is 0 Å². The molecule has 0 aliphatic heterocycles. The van der Waals surface area contributed by atoms with E-state index in [1.54, 1.807) is 26.8 Å². The van der Waals surface area contributed by atoms with E-state index in [4.69, 9.17) is 0 Å². The van der Waals surface area contributed by atoms with E-state index in [-0.39, 0.29) is 11.7 Å². The van der Waals surface area contributed by atoms with Gasteiger partial charge < -0.3 is 5.32 Å². The topological polar surface area (TPSA) is 114 Å². The summed E-state index contributed by atoms with van der Waals surface area (Å²) in [6.07, 6.45) is 0. The Morgan fingerprint density at radius 2 is 1.95 bits per heavy atom. The SMILES string of the molecule is C/C(=N/NC(=O)C(=O)NC(C)C)c1cccc([N+](=O)[O-])c1. The Morgan fingerprint density at radius 3 is 2.52 bits per heavy atom. The number of amides is 2. The van der Waals surface area contributed by atoms with E-state index < -0.39 is 16.7 Å². The van der Waals surface area contributed by atoms with Crippen LogP contribution in [0.4, 0.5) is 5.69 Å². The maximum atomic E-state index is 11.5. The molecule has 0 unspecified atom stereocenters. The van der Waals surface area contributed by atoms with Crippen LogP contribution in [0.3, 0.4) is 0 Å². The number of carbonyl (C=O) groups is 2. The van der Waals surface area contributed by atoms with Crippen LogP contribution in [0.5, 0.6) is 0 Å². The number of nitro groups is 1. The molecule has 2 amide bonds. The second-order valence-electron chi connectivity index (χ2n) is 4.57. The third-order valence-electron chi connectivity index (χ3n) is 2.43. The highest BCUT2D eigenvalue weighted by Crippen LogP contribution is 2.13. The molecule has 0 saturated carbocycles. The smallest absolute Gasteiger partial charge is 0.329 e. The molecule has 1 aromatic rings. The van der Waals surface area contributed by atoms with Gasteiger partial charge in [0.15, 0.2) is 0 Å². The van der Waals surface area contributed by atoms with Crippen molar-refractivity contribution in [3.8, 4) is 0 Å². The number of hydrogen-bond acceptors (Lipinski definition) is 5. The molecule has 0 bridgehead atoms. The molecule has 1 aromatic carbocycles. The van der Waals surface area contributed by atoms with Gasteiger partial charge in [-0.2, -0.15) is 5.10 Å². The van der Waals surface area contributed by atoms with Crippen LogP contribution in [0.1, 0.15) is 26.3 Å². The molecular weight excluding hydrogens is 276 g/mol. The lowest BCUT2D eigenvalue weighted by atomic mass is 10.1. The van der Waals surface area contributed by atoms with E-state index in [2.05, 4.69) is 15.8 Å². The Bertz CT molecular complexity index is 596. The molecule has 0 fully saturated rings. The predicted octanol–water partition coefficient (Wildman–Crippen LogP) is 0.960. The average Bonchev–Trinajstić information content (AvgIpc) is 2.43. The minimum absolute atomic E-state index is 0.0778. The van der Waals surface area contributed by atoms with Crippen molar-refractivity contribution in [1.82, 2.24) is 10.7 Å². The molecule has 8 heteroatoms. The van der Waals surface area contributed by atoms with Crippen molar-refractivity contribution in [2.24, 2.45) is 5.10 Å². The second kappa shape index (κ2) is 7.13. The van der Waals surface area contributed by atoms with E-state index in [0.29, 0.717) is 11.3 Å². The zero-order chi connectivity index (χ0) is 16.0. The minimum atomic E-state index is -0.895. The van der Waals surface area contributed by atoms with E-state index in [1.165, 1.54) is 18.2 Å². The summed E-state index contributed by atoms with van der Waals surface area (Å²) in [5.41, 5.74) is 2.86. The quantitative estimate of drug-likeness (QED) is 0.372. The van der Waals surface area contributed by atoms with Crippen molar-refractivity contribution in [2.75, 3.05) is 0 Å². The minimum Gasteiger partial charge on any atom is -0.346 e. The molecule has 0 aromatic heterocycles. The van der Waals surface area contributed by atoms with Gasteiger partial charge in [-0.3, -0.25) is 19.7 Å². The number of nitrogens with one attached hydrogen (secondary N) is 2. The Morgan fingerprint density at radius 1 is 1.29 bits per heavy atom. The molecule has 112 valence electrons. The van der Waals surface area contributed by atoms with Gasteiger partial charge in [0.1, 0.15) is 0 Å². The lowest BCUT2D eigenvalue weighted by Crippen LogP contribution is -2.41. The van der Waals surface area contributed by atoms with Gasteiger partial charge in [0, 0.05) is 23.7 Å². The van der Waals surface area contributed by atoms with Crippen molar-refractivity contribution >= 4 is 23.2 Å². The summed E-state index contributed by atoms with van der Waals surface area (Å²) >= 11 is 0. The van der Waals surface area contributed by atoms with Crippen LogP contribution in [-0.2, 0) is 9.59 Å².